The van der Waals surface area contributed by atoms with Crippen molar-refractivity contribution >= 4 is 11.5 Å². The Labute approximate surface area is 106 Å². The van der Waals surface area contributed by atoms with Crippen LogP contribution in [0.5, 0.6) is 0 Å². The third kappa shape index (κ3) is 2.59. The molecule has 0 aliphatic heterocycles. The number of nitro groups is 1. The molecule has 0 amide bonds. The zero-order valence-electron chi connectivity index (χ0n) is 11.0. The Morgan fingerprint density at radius 1 is 1.67 bits per heavy atom. The van der Waals surface area contributed by atoms with E-state index in [2.05, 4.69) is 11.2 Å². The molecular weight excluding hydrogens is 234 g/mol. The second kappa shape index (κ2) is 5.49. The maximum absolute atomic E-state index is 11.1. The van der Waals surface area contributed by atoms with Gasteiger partial charge in [0.2, 0.25) is 5.82 Å². The van der Waals surface area contributed by atoms with Crippen LogP contribution < -0.4 is 4.90 Å². The number of nitrogens with zero attached hydrogens (tertiary/aromatic N) is 5. The molecule has 1 atom stereocenters. The average molecular weight is 251 g/mol. The van der Waals surface area contributed by atoms with E-state index in [1.807, 2.05) is 6.92 Å². The van der Waals surface area contributed by atoms with Crippen molar-refractivity contribution in [2.75, 3.05) is 18.5 Å². The van der Waals surface area contributed by atoms with E-state index in [-0.39, 0.29) is 11.6 Å². The third-order valence-electron chi connectivity index (χ3n) is 2.68. The molecule has 0 saturated heterocycles. The third-order valence-corrected chi connectivity index (χ3v) is 2.68. The molecule has 0 aliphatic rings. The van der Waals surface area contributed by atoms with Crippen LogP contribution in [0, 0.1) is 34.3 Å². The molecule has 1 rings (SSSR count). The van der Waals surface area contributed by atoms with E-state index < -0.39 is 4.92 Å². The first-order valence-corrected chi connectivity index (χ1v) is 5.74. The molecule has 1 aromatic rings. The first-order chi connectivity index (χ1) is 8.42. The van der Waals surface area contributed by atoms with Crippen molar-refractivity contribution in [3.8, 4) is 6.07 Å². The molecule has 1 aromatic heterocycles. The topological polar surface area (TPSA) is 88.0 Å². The Morgan fingerprint density at radius 3 is 2.72 bits per heavy atom. The molecule has 0 N–H and O–H groups in total. The van der Waals surface area contributed by atoms with Gasteiger partial charge in [-0.3, -0.25) is 10.1 Å². The normalized spacial score (nSPS) is 11.9. The summed E-state index contributed by atoms with van der Waals surface area (Å²) in [6.45, 7) is 6.26. The number of nitriles is 1. The van der Waals surface area contributed by atoms with Gasteiger partial charge in [-0.25, -0.2) is 4.68 Å². The summed E-state index contributed by atoms with van der Waals surface area (Å²) in [5, 5.41) is 24.1. The lowest BCUT2D eigenvalue weighted by atomic mass is 10.2. The first-order valence-electron chi connectivity index (χ1n) is 5.74. The van der Waals surface area contributed by atoms with Crippen LogP contribution in [0.3, 0.4) is 0 Å². The van der Waals surface area contributed by atoms with Crippen molar-refractivity contribution in [2.45, 2.75) is 27.3 Å². The van der Waals surface area contributed by atoms with Gasteiger partial charge in [0.25, 0.3) is 0 Å². The Bertz CT molecular complexity index is 488. The van der Waals surface area contributed by atoms with E-state index >= 15 is 0 Å². The summed E-state index contributed by atoms with van der Waals surface area (Å²) < 4.78 is 1.59. The number of hydrogen-bond acceptors (Lipinski definition) is 5. The second-order valence-corrected chi connectivity index (χ2v) is 4.24. The maximum atomic E-state index is 11.1. The molecule has 7 nitrogen and oxygen atoms in total. The van der Waals surface area contributed by atoms with Crippen molar-refractivity contribution < 1.29 is 4.92 Å². The van der Waals surface area contributed by atoms with Gasteiger partial charge in [-0.05, 0) is 20.8 Å². The molecule has 0 saturated carbocycles. The lowest BCUT2D eigenvalue weighted by molar-refractivity contribution is -0.384. The summed E-state index contributed by atoms with van der Waals surface area (Å²) in [4.78, 5) is 12.4. The van der Waals surface area contributed by atoms with Gasteiger partial charge in [0.15, 0.2) is 0 Å². The van der Waals surface area contributed by atoms with Gasteiger partial charge in [0.1, 0.15) is 5.69 Å². The smallest absolute Gasteiger partial charge is 0.333 e. The number of rotatable bonds is 5. The van der Waals surface area contributed by atoms with Crippen LogP contribution in [-0.2, 0) is 6.54 Å². The number of anilines is 1. The molecule has 0 aliphatic carbocycles. The lowest BCUT2D eigenvalue weighted by Gasteiger charge is -2.20. The summed E-state index contributed by atoms with van der Waals surface area (Å²) in [6.07, 6.45) is 0. The minimum atomic E-state index is -0.419. The molecular formula is C11H17N5O2. The van der Waals surface area contributed by atoms with Gasteiger partial charge in [-0.1, -0.05) is 0 Å². The summed E-state index contributed by atoms with van der Waals surface area (Å²) >= 11 is 0. The molecule has 0 radical (unpaired) electrons. The highest BCUT2D eigenvalue weighted by atomic mass is 16.6. The monoisotopic (exact) mass is 251 g/mol. The fraction of sp³-hybridized carbons (Fsp3) is 0.636. The predicted octanol–water partition coefficient (Wildman–Crippen LogP) is 1.72. The van der Waals surface area contributed by atoms with Gasteiger partial charge >= 0.3 is 5.69 Å². The van der Waals surface area contributed by atoms with Gasteiger partial charge in [-0.2, -0.15) is 10.4 Å². The van der Waals surface area contributed by atoms with Crippen molar-refractivity contribution in [3.05, 3.63) is 15.8 Å². The molecule has 18 heavy (non-hydrogen) atoms. The number of hydrogen-bond donors (Lipinski definition) is 0. The second-order valence-electron chi connectivity index (χ2n) is 4.24. The number of aryl methyl sites for hydroxylation is 2. The van der Waals surface area contributed by atoms with Crippen molar-refractivity contribution in [1.82, 2.24) is 9.78 Å². The van der Waals surface area contributed by atoms with Crippen molar-refractivity contribution in [3.63, 3.8) is 0 Å². The largest absolute Gasteiger partial charge is 0.353 e. The average Bonchev–Trinajstić information content (AvgIpc) is 2.65. The first kappa shape index (κ1) is 14.0. The SMILES string of the molecule is CCn1nc(C)c([N+](=O)[O-])c1N(C)CC(C)C#N. The summed E-state index contributed by atoms with van der Waals surface area (Å²) in [5.74, 6) is 0.261. The molecule has 0 spiro atoms. The molecule has 1 heterocycles. The minimum absolute atomic E-state index is 0.0180. The molecule has 0 bridgehead atoms. The van der Waals surface area contributed by atoms with Crippen LogP contribution in [-0.4, -0.2) is 28.3 Å². The lowest BCUT2D eigenvalue weighted by Crippen LogP contribution is -2.26. The maximum Gasteiger partial charge on any atom is 0.333 e. The molecule has 98 valence electrons. The van der Waals surface area contributed by atoms with E-state index in [9.17, 15) is 10.1 Å². The Kier molecular flexibility index (Phi) is 4.26. The van der Waals surface area contributed by atoms with E-state index in [4.69, 9.17) is 5.26 Å². The standard InChI is InChI=1S/C11H17N5O2/c1-5-15-11(14(4)7-8(2)6-12)10(16(17)18)9(3)13-15/h8H,5,7H2,1-4H3. The van der Waals surface area contributed by atoms with Crippen LogP contribution in [0.15, 0.2) is 0 Å². The van der Waals surface area contributed by atoms with Gasteiger partial charge in [0, 0.05) is 20.1 Å². The van der Waals surface area contributed by atoms with E-state index in [0.29, 0.717) is 24.6 Å². The van der Waals surface area contributed by atoms with E-state index in [0.717, 1.165) is 0 Å². The fourth-order valence-corrected chi connectivity index (χ4v) is 1.91. The van der Waals surface area contributed by atoms with Crippen LogP contribution >= 0.6 is 0 Å². The Balaban J connectivity index is 3.20. The van der Waals surface area contributed by atoms with Crippen LogP contribution in [0.2, 0.25) is 0 Å². The zero-order valence-corrected chi connectivity index (χ0v) is 11.0. The summed E-state index contributed by atoms with van der Waals surface area (Å²) in [5.41, 5.74) is 0.415. The van der Waals surface area contributed by atoms with Gasteiger partial charge in [-0.15, -0.1) is 0 Å². The van der Waals surface area contributed by atoms with E-state index in [1.54, 1.807) is 30.5 Å². The minimum Gasteiger partial charge on any atom is -0.353 e. The summed E-state index contributed by atoms with van der Waals surface area (Å²) in [6, 6.07) is 2.12. The summed E-state index contributed by atoms with van der Waals surface area (Å²) in [7, 11) is 1.74. The Morgan fingerprint density at radius 2 is 2.28 bits per heavy atom. The zero-order chi connectivity index (χ0) is 13.9. The Hall–Kier alpha value is -2.10. The quantitative estimate of drug-likeness (QED) is 0.587. The van der Waals surface area contributed by atoms with E-state index in [1.165, 1.54) is 0 Å². The van der Waals surface area contributed by atoms with Crippen LogP contribution in [0.4, 0.5) is 11.5 Å². The molecule has 0 aromatic carbocycles. The highest BCUT2D eigenvalue weighted by Crippen LogP contribution is 2.31. The van der Waals surface area contributed by atoms with Crippen molar-refractivity contribution in [2.24, 2.45) is 5.92 Å². The molecule has 7 heteroatoms. The number of aromatic nitrogens is 2. The van der Waals surface area contributed by atoms with Gasteiger partial charge in [0.05, 0.1) is 16.9 Å². The molecule has 0 fully saturated rings. The van der Waals surface area contributed by atoms with Crippen LogP contribution in [0.1, 0.15) is 19.5 Å². The highest BCUT2D eigenvalue weighted by Gasteiger charge is 2.28. The highest BCUT2D eigenvalue weighted by molar-refractivity contribution is 5.61. The van der Waals surface area contributed by atoms with Crippen molar-refractivity contribution in [1.29, 1.82) is 5.26 Å². The predicted molar refractivity (Wildman–Crippen MR) is 67.3 cm³/mol. The fourth-order valence-electron chi connectivity index (χ4n) is 1.91. The van der Waals surface area contributed by atoms with Crippen LogP contribution in [0.25, 0.3) is 0 Å². The van der Waals surface area contributed by atoms with Gasteiger partial charge < -0.3 is 4.90 Å². The molecule has 1 unspecified atom stereocenters.